The van der Waals surface area contributed by atoms with E-state index in [2.05, 4.69) is 10.4 Å². The number of nitrogens with one attached hydrogen (secondary N) is 1. The Morgan fingerprint density at radius 3 is 2.56 bits per heavy atom. The second-order valence-electron chi connectivity index (χ2n) is 7.43. The second-order valence-corrected chi connectivity index (χ2v) is 7.43. The van der Waals surface area contributed by atoms with Gasteiger partial charge in [0.2, 0.25) is 0 Å². The molecule has 5 nitrogen and oxygen atoms in total. The Balaban J connectivity index is 1.39. The molecule has 4 aromatic rings. The van der Waals surface area contributed by atoms with Crippen molar-refractivity contribution in [3.8, 4) is 16.8 Å². The number of amides is 2. The Hall–Kier alpha value is -4.00. The molecule has 7 heteroatoms. The normalized spacial score (nSPS) is 10.7. The van der Waals surface area contributed by atoms with Crippen LogP contribution in [0.2, 0.25) is 0 Å². The Morgan fingerprint density at radius 1 is 1.03 bits per heavy atom. The topological polar surface area (TPSA) is 50.2 Å². The van der Waals surface area contributed by atoms with Crippen LogP contribution in [0.5, 0.6) is 0 Å². The molecule has 1 N–H and O–H groups in total. The molecule has 1 aromatic heterocycles. The summed E-state index contributed by atoms with van der Waals surface area (Å²) in [5.41, 5.74) is 4.04. The van der Waals surface area contributed by atoms with Gasteiger partial charge in [-0.05, 0) is 28.8 Å². The minimum atomic E-state index is -0.708. The summed E-state index contributed by atoms with van der Waals surface area (Å²) < 4.78 is 28.4. The van der Waals surface area contributed by atoms with Gasteiger partial charge in [-0.3, -0.25) is 0 Å². The summed E-state index contributed by atoms with van der Waals surface area (Å²) in [5.74, 6) is -1.36. The molecule has 0 aliphatic rings. The van der Waals surface area contributed by atoms with Gasteiger partial charge < -0.3 is 10.2 Å². The fraction of sp³-hybridized carbons (Fsp3) is 0.120. The fourth-order valence-corrected chi connectivity index (χ4v) is 3.45. The van der Waals surface area contributed by atoms with E-state index in [9.17, 15) is 13.6 Å². The zero-order chi connectivity index (χ0) is 22.5. The Kier molecular flexibility index (Phi) is 6.26. The van der Waals surface area contributed by atoms with Gasteiger partial charge in [-0.15, -0.1) is 0 Å². The number of carbonyl (C=O) groups is 1. The van der Waals surface area contributed by atoms with Crippen molar-refractivity contribution in [1.29, 1.82) is 0 Å². The van der Waals surface area contributed by atoms with Crippen LogP contribution in [-0.2, 0) is 13.1 Å². The summed E-state index contributed by atoms with van der Waals surface area (Å²) in [4.78, 5) is 14.2. The van der Waals surface area contributed by atoms with E-state index >= 15 is 0 Å². The highest BCUT2D eigenvalue weighted by atomic mass is 19.1. The molecule has 1 heterocycles. The van der Waals surface area contributed by atoms with E-state index in [1.54, 1.807) is 18.1 Å². The van der Waals surface area contributed by atoms with Crippen LogP contribution in [0.15, 0.2) is 85.2 Å². The van der Waals surface area contributed by atoms with Crippen molar-refractivity contribution >= 4 is 6.03 Å². The molecule has 0 atom stereocenters. The summed E-state index contributed by atoms with van der Waals surface area (Å²) in [5, 5.41) is 6.95. The second kappa shape index (κ2) is 9.43. The first-order valence-corrected chi connectivity index (χ1v) is 10.1. The predicted molar refractivity (Wildman–Crippen MR) is 119 cm³/mol. The van der Waals surface area contributed by atoms with Crippen molar-refractivity contribution in [1.82, 2.24) is 20.0 Å². The lowest BCUT2D eigenvalue weighted by atomic mass is 9.99. The van der Waals surface area contributed by atoms with E-state index in [0.29, 0.717) is 12.1 Å². The summed E-state index contributed by atoms with van der Waals surface area (Å²) >= 11 is 0. The third kappa shape index (κ3) is 4.83. The molecule has 0 aliphatic carbocycles. The van der Waals surface area contributed by atoms with E-state index in [1.165, 1.54) is 23.0 Å². The van der Waals surface area contributed by atoms with Gasteiger partial charge in [0, 0.05) is 38.0 Å². The number of benzene rings is 3. The Bertz CT molecular complexity index is 1220. The van der Waals surface area contributed by atoms with Gasteiger partial charge >= 0.3 is 6.03 Å². The zero-order valence-corrected chi connectivity index (χ0v) is 17.5. The van der Waals surface area contributed by atoms with E-state index in [0.717, 1.165) is 22.8 Å². The van der Waals surface area contributed by atoms with Crippen molar-refractivity contribution in [3.05, 3.63) is 108 Å². The molecule has 0 radical (unpaired) electrons. The highest BCUT2D eigenvalue weighted by Crippen LogP contribution is 2.24. The number of hydrogen-bond donors (Lipinski definition) is 1. The van der Waals surface area contributed by atoms with Crippen LogP contribution >= 0.6 is 0 Å². The molecule has 0 bridgehead atoms. The first-order chi connectivity index (χ1) is 15.5. The molecule has 3 aromatic carbocycles. The molecule has 4 rings (SSSR count). The molecule has 0 fully saturated rings. The molecule has 162 valence electrons. The SMILES string of the molecule is CN(Cc1ccccc1-c1ccccc1)C(=O)NCc1cnn(-c2ccc(F)cc2F)c1. The number of urea groups is 1. The Morgan fingerprint density at radius 2 is 1.78 bits per heavy atom. The summed E-state index contributed by atoms with van der Waals surface area (Å²) in [6.07, 6.45) is 3.13. The summed E-state index contributed by atoms with van der Waals surface area (Å²) in [6, 6.07) is 21.1. The van der Waals surface area contributed by atoms with Crippen LogP contribution in [0.25, 0.3) is 16.8 Å². The van der Waals surface area contributed by atoms with E-state index < -0.39 is 11.6 Å². The molecule has 0 spiro atoms. The third-order valence-corrected chi connectivity index (χ3v) is 5.09. The van der Waals surface area contributed by atoms with Crippen LogP contribution in [0.1, 0.15) is 11.1 Å². The molecular formula is C25H22F2N4O. The minimum Gasteiger partial charge on any atom is -0.334 e. The molecule has 2 amide bonds. The van der Waals surface area contributed by atoms with Crippen LogP contribution in [0.4, 0.5) is 13.6 Å². The van der Waals surface area contributed by atoms with Crippen molar-refractivity contribution in [2.45, 2.75) is 13.1 Å². The number of rotatable bonds is 6. The lowest BCUT2D eigenvalue weighted by Crippen LogP contribution is -2.36. The first-order valence-electron chi connectivity index (χ1n) is 10.1. The van der Waals surface area contributed by atoms with E-state index in [1.807, 2.05) is 54.6 Å². The monoisotopic (exact) mass is 432 g/mol. The van der Waals surface area contributed by atoms with Gasteiger partial charge in [-0.1, -0.05) is 54.6 Å². The predicted octanol–water partition coefficient (Wildman–Crippen LogP) is 5.16. The van der Waals surface area contributed by atoms with Gasteiger partial charge in [0.15, 0.2) is 5.82 Å². The third-order valence-electron chi connectivity index (χ3n) is 5.09. The maximum Gasteiger partial charge on any atom is 0.317 e. The minimum absolute atomic E-state index is 0.138. The van der Waals surface area contributed by atoms with Crippen LogP contribution in [0.3, 0.4) is 0 Å². The number of hydrogen-bond acceptors (Lipinski definition) is 2. The molecule has 32 heavy (non-hydrogen) atoms. The average Bonchev–Trinajstić information content (AvgIpc) is 3.27. The van der Waals surface area contributed by atoms with Crippen molar-refractivity contribution < 1.29 is 13.6 Å². The highest BCUT2D eigenvalue weighted by molar-refractivity contribution is 5.74. The highest BCUT2D eigenvalue weighted by Gasteiger charge is 2.13. The number of carbonyl (C=O) groups excluding carboxylic acids is 1. The van der Waals surface area contributed by atoms with Crippen molar-refractivity contribution in [2.75, 3.05) is 7.05 Å². The van der Waals surface area contributed by atoms with Crippen LogP contribution < -0.4 is 5.32 Å². The lowest BCUT2D eigenvalue weighted by molar-refractivity contribution is 0.206. The standard InChI is InChI=1S/C25H22F2N4O/c1-30(17-20-9-5-6-10-22(20)19-7-3-2-4-8-19)25(32)28-14-18-15-29-31(16-18)24-12-11-21(26)13-23(24)27/h2-13,15-16H,14,17H2,1H3,(H,28,32). The van der Waals surface area contributed by atoms with Gasteiger partial charge in [-0.25, -0.2) is 18.3 Å². The molecule has 0 saturated carbocycles. The van der Waals surface area contributed by atoms with Crippen molar-refractivity contribution in [3.63, 3.8) is 0 Å². The number of nitrogens with zero attached hydrogens (tertiary/aromatic N) is 3. The molecule has 0 aliphatic heterocycles. The quantitative estimate of drug-likeness (QED) is 0.458. The van der Waals surface area contributed by atoms with Gasteiger partial charge in [-0.2, -0.15) is 5.10 Å². The van der Waals surface area contributed by atoms with Crippen LogP contribution in [0, 0.1) is 11.6 Å². The molecule has 0 unspecified atom stereocenters. The van der Waals surface area contributed by atoms with E-state index in [4.69, 9.17) is 0 Å². The number of aromatic nitrogens is 2. The number of halogens is 2. The van der Waals surface area contributed by atoms with Gasteiger partial charge in [0.05, 0.1) is 6.20 Å². The Labute approximate surface area is 184 Å². The maximum atomic E-state index is 14.0. The fourth-order valence-electron chi connectivity index (χ4n) is 3.45. The van der Waals surface area contributed by atoms with Crippen LogP contribution in [-0.4, -0.2) is 27.8 Å². The molecule has 0 saturated heterocycles. The smallest absolute Gasteiger partial charge is 0.317 e. The lowest BCUT2D eigenvalue weighted by Gasteiger charge is -2.20. The largest absolute Gasteiger partial charge is 0.334 e. The summed E-state index contributed by atoms with van der Waals surface area (Å²) in [7, 11) is 1.73. The molecular weight excluding hydrogens is 410 g/mol. The maximum absolute atomic E-state index is 14.0. The van der Waals surface area contributed by atoms with Gasteiger partial charge in [0.1, 0.15) is 11.5 Å². The first kappa shape index (κ1) is 21.2. The average molecular weight is 432 g/mol. The zero-order valence-electron chi connectivity index (χ0n) is 17.5. The van der Waals surface area contributed by atoms with E-state index in [-0.39, 0.29) is 18.3 Å². The summed E-state index contributed by atoms with van der Waals surface area (Å²) in [6.45, 7) is 0.670. The van der Waals surface area contributed by atoms with Gasteiger partial charge in [0.25, 0.3) is 0 Å². The van der Waals surface area contributed by atoms with Crippen molar-refractivity contribution in [2.24, 2.45) is 0 Å².